The molecule has 0 saturated carbocycles. The van der Waals surface area contributed by atoms with Crippen molar-refractivity contribution in [3.8, 4) is 0 Å². The van der Waals surface area contributed by atoms with Crippen LogP contribution in [0.25, 0.3) is 0 Å². The van der Waals surface area contributed by atoms with Crippen LogP contribution in [0.4, 0.5) is 0 Å². The number of hydrogen-bond donors (Lipinski definition) is 5. The molecule has 1 aliphatic rings. The highest BCUT2D eigenvalue weighted by molar-refractivity contribution is 5.01. The van der Waals surface area contributed by atoms with E-state index in [0.29, 0.717) is 0 Å². The minimum Gasteiger partial charge on any atom is -0.394 e. The van der Waals surface area contributed by atoms with Gasteiger partial charge in [-0.15, -0.1) is 0 Å². The molecule has 1 saturated heterocycles. The monoisotopic (exact) mass is 289 g/mol. The molecule has 4 atom stereocenters. The smallest absolute Gasteiger partial charge is 0.330 e. The number of nitrogens with zero attached hydrogens (tertiary/aromatic N) is 1. The lowest BCUT2D eigenvalue weighted by molar-refractivity contribution is -0.185. The molecule has 10 nitrogen and oxygen atoms in total. The van der Waals surface area contributed by atoms with Gasteiger partial charge in [0.1, 0.15) is 24.9 Å². The third-order valence-corrected chi connectivity index (χ3v) is 3.22. The van der Waals surface area contributed by atoms with Crippen molar-refractivity contribution in [3.63, 3.8) is 0 Å². The van der Waals surface area contributed by atoms with E-state index in [1.54, 1.807) is 0 Å². The number of aliphatic hydroxyl groups is 3. The van der Waals surface area contributed by atoms with E-state index in [4.69, 9.17) is 15.7 Å². The van der Waals surface area contributed by atoms with Gasteiger partial charge < -0.3 is 20.1 Å². The molecule has 0 radical (unpaired) electrons. The topological polar surface area (TPSA) is 160 Å². The molecule has 10 heteroatoms. The summed E-state index contributed by atoms with van der Waals surface area (Å²) >= 11 is 0. The maximum atomic E-state index is 11.8. The van der Waals surface area contributed by atoms with Crippen LogP contribution in [0.5, 0.6) is 0 Å². The number of aromatic amines is 1. The van der Waals surface area contributed by atoms with E-state index in [9.17, 15) is 19.8 Å². The Morgan fingerprint density at radius 3 is 2.70 bits per heavy atom. The summed E-state index contributed by atoms with van der Waals surface area (Å²) in [7, 11) is 0. The molecule has 0 amide bonds. The molecule has 6 N–H and O–H groups in total. The summed E-state index contributed by atoms with van der Waals surface area (Å²) < 4.78 is 6.21. The molecular weight excluding hydrogens is 274 g/mol. The van der Waals surface area contributed by atoms with Crippen LogP contribution < -0.4 is 17.1 Å². The number of nitrogens with two attached hydrogens (primary N) is 1. The normalized spacial score (nSPS) is 33.5. The van der Waals surface area contributed by atoms with Crippen LogP contribution in [0.1, 0.15) is 0 Å². The molecule has 1 aliphatic heterocycles. The van der Waals surface area contributed by atoms with Crippen LogP contribution in [0, 0.1) is 0 Å². The molecule has 2 rings (SSSR count). The lowest BCUT2D eigenvalue weighted by Gasteiger charge is -2.32. The van der Waals surface area contributed by atoms with Gasteiger partial charge in [0.05, 0.1) is 6.61 Å². The molecule has 1 fully saturated rings. The Labute approximate surface area is 111 Å². The summed E-state index contributed by atoms with van der Waals surface area (Å²) in [6, 6.07) is 1.04. The van der Waals surface area contributed by atoms with Gasteiger partial charge in [0, 0.05) is 12.3 Å². The fourth-order valence-electron chi connectivity index (χ4n) is 2.24. The van der Waals surface area contributed by atoms with Crippen LogP contribution in [0.3, 0.4) is 0 Å². The largest absolute Gasteiger partial charge is 0.394 e. The van der Waals surface area contributed by atoms with Crippen LogP contribution in [0.15, 0.2) is 21.9 Å². The first kappa shape index (κ1) is 14.8. The summed E-state index contributed by atoms with van der Waals surface area (Å²) in [5, 5.41) is 29.0. The summed E-state index contributed by atoms with van der Waals surface area (Å²) in [5.74, 6) is 4.98. The number of hydrogen-bond acceptors (Lipinski definition) is 8. The third-order valence-electron chi connectivity index (χ3n) is 3.22. The average molecular weight is 289 g/mol. The van der Waals surface area contributed by atoms with Gasteiger partial charge in [-0.05, 0) is 0 Å². The van der Waals surface area contributed by atoms with E-state index in [1.165, 1.54) is 0 Å². The fraction of sp³-hybridized carbons (Fsp3) is 0.600. The number of aromatic nitrogens is 2. The van der Waals surface area contributed by atoms with Gasteiger partial charge in [-0.2, -0.15) is 0 Å². The molecule has 2 heterocycles. The Kier molecular flexibility index (Phi) is 4.04. The summed E-state index contributed by atoms with van der Waals surface area (Å²) in [5.41, 5.74) is -3.36. The zero-order valence-electron chi connectivity index (χ0n) is 10.3. The lowest BCUT2D eigenvalue weighted by Crippen LogP contribution is -2.54. The molecule has 112 valence electrons. The van der Waals surface area contributed by atoms with E-state index in [2.05, 4.69) is 4.84 Å². The maximum Gasteiger partial charge on any atom is 0.330 e. The summed E-state index contributed by atoms with van der Waals surface area (Å²) in [4.78, 5) is 29.3. The molecule has 0 bridgehead atoms. The Morgan fingerprint density at radius 1 is 1.50 bits per heavy atom. The fourth-order valence-corrected chi connectivity index (χ4v) is 2.24. The molecule has 0 spiro atoms. The molecule has 1 aromatic rings. The van der Waals surface area contributed by atoms with E-state index < -0.39 is 48.5 Å². The highest BCUT2D eigenvalue weighted by atomic mass is 16.6. The molecule has 0 aliphatic carbocycles. The van der Waals surface area contributed by atoms with E-state index >= 15 is 0 Å². The van der Waals surface area contributed by atoms with Crippen molar-refractivity contribution >= 4 is 0 Å². The van der Waals surface area contributed by atoms with E-state index in [1.807, 2.05) is 4.98 Å². The van der Waals surface area contributed by atoms with Crippen molar-refractivity contribution in [1.29, 1.82) is 0 Å². The van der Waals surface area contributed by atoms with Crippen molar-refractivity contribution in [2.45, 2.75) is 24.0 Å². The van der Waals surface area contributed by atoms with Crippen molar-refractivity contribution in [3.05, 3.63) is 33.1 Å². The predicted octanol–water partition coefficient (Wildman–Crippen LogP) is -3.81. The Hall–Kier alpha value is -1.56. The second kappa shape index (κ2) is 5.44. The van der Waals surface area contributed by atoms with Crippen molar-refractivity contribution in [1.82, 2.24) is 9.55 Å². The lowest BCUT2D eigenvalue weighted by atomic mass is 10.0. The predicted molar refractivity (Wildman–Crippen MR) is 63.4 cm³/mol. The third kappa shape index (κ3) is 2.18. The van der Waals surface area contributed by atoms with E-state index in [-0.39, 0.29) is 0 Å². The highest BCUT2D eigenvalue weighted by Crippen LogP contribution is 2.34. The Morgan fingerprint density at radius 2 is 2.20 bits per heavy atom. The minimum atomic E-state index is -1.84. The second-order valence-electron chi connectivity index (χ2n) is 4.41. The number of aliphatic hydroxyl groups excluding tert-OH is 3. The summed E-state index contributed by atoms with van der Waals surface area (Å²) in [6.45, 7) is -1.06. The van der Waals surface area contributed by atoms with Crippen LogP contribution in [-0.2, 0) is 15.3 Å². The van der Waals surface area contributed by atoms with E-state index in [0.717, 1.165) is 16.8 Å². The Balaban J connectivity index is 2.55. The first-order chi connectivity index (χ1) is 9.46. The minimum absolute atomic E-state index is 0.478. The molecule has 0 aromatic carbocycles. The van der Waals surface area contributed by atoms with Gasteiger partial charge in [-0.3, -0.25) is 19.2 Å². The SMILES string of the molecule is NOC[C@@]1(n2ccc(=O)[nH]c2=O)O[C@H](CO)[C@@H](O)[C@H]1O. The first-order valence-electron chi connectivity index (χ1n) is 5.75. The van der Waals surface area contributed by atoms with Gasteiger partial charge in [-0.1, -0.05) is 0 Å². The summed E-state index contributed by atoms with van der Waals surface area (Å²) in [6.07, 6.45) is -3.09. The van der Waals surface area contributed by atoms with Crippen molar-refractivity contribution < 1.29 is 24.9 Å². The molecular formula is C10H15N3O7. The van der Waals surface area contributed by atoms with Gasteiger partial charge in [0.15, 0.2) is 0 Å². The van der Waals surface area contributed by atoms with Crippen molar-refractivity contribution in [2.24, 2.45) is 5.90 Å². The zero-order chi connectivity index (χ0) is 14.9. The van der Waals surface area contributed by atoms with Crippen LogP contribution >= 0.6 is 0 Å². The quantitative estimate of drug-likeness (QED) is 0.353. The number of rotatable bonds is 4. The Bertz CT molecular complexity index is 585. The number of ether oxygens (including phenoxy) is 1. The highest BCUT2D eigenvalue weighted by Gasteiger charge is 2.56. The number of nitrogens with one attached hydrogen (secondary N) is 1. The van der Waals surface area contributed by atoms with Crippen LogP contribution in [0.2, 0.25) is 0 Å². The van der Waals surface area contributed by atoms with Gasteiger partial charge in [-0.25, -0.2) is 10.7 Å². The van der Waals surface area contributed by atoms with Crippen LogP contribution in [-0.4, -0.2) is 56.4 Å². The molecule has 1 aromatic heterocycles. The first-order valence-corrected chi connectivity index (χ1v) is 5.75. The zero-order valence-corrected chi connectivity index (χ0v) is 10.3. The van der Waals surface area contributed by atoms with Gasteiger partial charge in [0.25, 0.3) is 5.56 Å². The standard InChI is InChI=1S/C10H15N3O7/c11-19-4-10(8(17)7(16)5(3-14)20-10)13-2-1-6(15)12-9(13)18/h1-2,5,7-8,14,16-17H,3-4,11H2,(H,12,15,18)/t5-,7-,8-,10-/m1/s1. The van der Waals surface area contributed by atoms with Gasteiger partial charge in [0.2, 0.25) is 5.72 Å². The van der Waals surface area contributed by atoms with Crippen molar-refractivity contribution in [2.75, 3.05) is 13.2 Å². The average Bonchev–Trinajstić information content (AvgIpc) is 2.65. The van der Waals surface area contributed by atoms with Gasteiger partial charge >= 0.3 is 5.69 Å². The molecule has 0 unspecified atom stereocenters. The maximum absolute atomic E-state index is 11.8. The molecule has 20 heavy (non-hydrogen) atoms. The second-order valence-corrected chi connectivity index (χ2v) is 4.41. The number of H-pyrrole nitrogens is 1.